The van der Waals surface area contributed by atoms with E-state index in [0.717, 1.165) is 124 Å². The number of fused-ring (bicyclic) bond motifs is 3. The van der Waals surface area contributed by atoms with E-state index in [-0.39, 0.29) is 64.8 Å². The number of urea groups is 3. The number of methoxy groups -OCH3 is 1. The Morgan fingerprint density at radius 1 is 0.381 bits per heavy atom. The predicted octanol–water partition coefficient (Wildman–Crippen LogP) is 15.2. The molecule has 0 spiro atoms. The number of hydrogen-bond donors (Lipinski definition) is 7. The van der Waals surface area contributed by atoms with E-state index in [0.29, 0.717) is 62.0 Å². The van der Waals surface area contributed by atoms with Gasteiger partial charge in [0.2, 0.25) is 0 Å². The SMILES string of the molecule is CN1CCN(Cc2ccc(NC(=O)Nc3ccc(-c4cncc5c4cnn5C)cc3O)cc2C(F)(F)F)CC1.COc1cc(-c2cncc3c2cnn3C)ccc1NC(=O)Nc1ccc(CN2CCN(C)CC2)c(C(F)(F)F)c1.Cc1cc(-c2cncc3c2cnn3C)ccc1NC(=O)Nc1ccc(CN2CCN(C)CC2)c(C(F)(F)F)c1. The molecule has 0 saturated carbocycles. The Hall–Kier alpha value is -12.3. The van der Waals surface area contributed by atoms with Gasteiger partial charge in [-0.1, -0.05) is 36.4 Å². The molecule has 35 heteroatoms. The summed E-state index contributed by atoms with van der Waals surface area (Å²) in [7, 11) is 12.9. The number of halogens is 9. The zero-order valence-electron chi connectivity index (χ0n) is 65.9. The zero-order chi connectivity index (χ0) is 83.9. The molecule has 26 nitrogen and oxygen atoms in total. The lowest BCUT2D eigenvalue weighted by molar-refractivity contribution is -0.139. The maximum Gasteiger partial charge on any atom is 0.416 e. The summed E-state index contributed by atoms with van der Waals surface area (Å²) >= 11 is 0. The number of anilines is 6. The monoisotopic (exact) mass is 1630 g/mol. The molecule has 618 valence electrons. The van der Waals surface area contributed by atoms with Crippen LogP contribution < -0.4 is 36.6 Å². The van der Waals surface area contributed by atoms with Gasteiger partial charge in [0.1, 0.15) is 11.5 Å². The number of nitrogens with zero attached hydrogens (tertiary/aromatic N) is 15. The minimum atomic E-state index is -4.57. The summed E-state index contributed by atoms with van der Waals surface area (Å²) in [5, 5.41) is 41.5. The highest BCUT2D eigenvalue weighted by Crippen LogP contribution is 2.41. The van der Waals surface area contributed by atoms with Gasteiger partial charge in [-0.15, -0.1) is 0 Å². The summed E-state index contributed by atoms with van der Waals surface area (Å²) in [4.78, 5) is 63.4. The van der Waals surface area contributed by atoms with Crippen LogP contribution in [0, 0.1) is 6.92 Å². The molecule has 3 aliphatic rings. The van der Waals surface area contributed by atoms with E-state index in [4.69, 9.17) is 4.74 Å². The number of amides is 6. The fraction of sp³-hybridized carbons (Fsp3) is 0.313. The third kappa shape index (κ3) is 20.2. The second kappa shape index (κ2) is 35.7. The Labute approximate surface area is 673 Å². The number of hydrogen-bond acceptors (Lipinski definition) is 17. The number of phenols is 1. The minimum Gasteiger partial charge on any atom is -0.506 e. The van der Waals surface area contributed by atoms with E-state index in [1.165, 1.54) is 55.6 Å². The van der Waals surface area contributed by atoms with Crippen LogP contribution in [0.25, 0.3) is 66.1 Å². The Kier molecular flexibility index (Phi) is 25.3. The number of ether oxygens (including phenoxy) is 1. The van der Waals surface area contributed by atoms with Crippen molar-refractivity contribution in [3.63, 3.8) is 0 Å². The smallest absolute Gasteiger partial charge is 0.416 e. The summed E-state index contributed by atoms with van der Waals surface area (Å²) in [5.41, 5.74) is 7.63. The fourth-order valence-electron chi connectivity index (χ4n) is 14.4. The van der Waals surface area contributed by atoms with Gasteiger partial charge in [0.25, 0.3) is 0 Å². The molecule has 12 aromatic rings. The van der Waals surface area contributed by atoms with Crippen molar-refractivity contribution in [3.05, 3.63) is 204 Å². The average Bonchev–Trinajstić information content (AvgIpc) is 1.47. The van der Waals surface area contributed by atoms with Gasteiger partial charge in [-0.2, -0.15) is 54.8 Å². The molecule has 3 saturated heterocycles. The van der Waals surface area contributed by atoms with Crippen LogP contribution in [0.3, 0.4) is 0 Å². The number of phenolic OH excluding ortho intramolecular Hbond substituents is 1. The second-order valence-corrected chi connectivity index (χ2v) is 29.4. The highest BCUT2D eigenvalue weighted by atomic mass is 19.4. The van der Waals surface area contributed by atoms with Crippen molar-refractivity contribution < 1.29 is 63.7 Å². The molecule has 3 aliphatic heterocycles. The van der Waals surface area contributed by atoms with Crippen LogP contribution in [0.2, 0.25) is 0 Å². The Bertz CT molecular complexity index is 5400. The largest absolute Gasteiger partial charge is 0.506 e. The topological polar surface area (TPSA) is 264 Å². The van der Waals surface area contributed by atoms with E-state index >= 15 is 0 Å². The summed E-state index contributed by atoms with van der Waals surface area (Å²) in [6.45, 7) is 11.5. The van der Waals surface area contributed by atoms with E-state index in [9.17, 15) is 59.0 Å². The maximum absolute atomic E-state index is 13.9. The van der Waals surface area contributed by atoms with Gasteiger partial charge in [0.05, 0.1) is 88.9 Å². The minimum absolute atomic E-state index is 0.00704. The molecule has 118 heavy (non-hydrogen) atoms. The first-order valence-corrected chi connectivity index (χ1v) is 37.8. The first-order valence-electron chi connectivity index (χ1n) is 37.8. The number of aromatic nitrogens is 9. The number of aryl methyl sites for hydroxylation is 4. The summed E-state index contributed by atoms with van der Waals surface area (Å²) in [6, 6.07) is 25.0. The molecule has 0 radical (unpaired) electrons. The zero-order valence-corrected chi connectivity index (χ0v) is 65.9. The number of benzene rings is 6. The van der Waals surface area contributed by atoms with Crippen molar-refractivity contribution in [2.75, 3.05) is 139 Å². The van der Waals surface area contributed by atoms with Crippen molar-refractivity contribution >= 4 is 84.9 Å². The van der Waals surface area contributed by atoms with E-state index in [1.54, 1.807) is 107 Å². The lowest BCUT2D eigenvalue weighted by Crippen LogP contribution is -2.44. The number of pyridine rings is 3. The molecule has 15 rings (SSSR count). The van der Waals surface area contributed by atoms with E-state index in [1.807, 2.05) is 69.0 Å². The van der Waals surface area contributed by atoms with Gasteiger partial charge in [-0.25, -0.2) is 14.4 Å². The van der Waals surface area contributed by atoms with Crippen molar-refractivity contribution in [2.45, 2.75) is 45.1 Å². The molecular formula is C83H88F9N21O5. The van der Waals surface area contributed by atoms with Gasteiger partial charge < -0.3 is 56.4 Å². The standard InChI is InChI=1S/C28H30F3N7O2.C28H30F3N7O.C27H28F3N7O2/c1-36-8-10-38(11-9-36)17-19-4-6-20(13-23(19)28(29,30)31)34-27(39)35-24-7-5-18(12-26(24)40-3)21-14-32-16-25-22(21)15-33-37(25)2;1-18-12-19(22-14-32-16-26-23(22)15-33-37(26)3)5-7-25(18)35-27(39)34-21-6-4-20(24(13-21)28(29,30)31)17-38-10-8-36(2)9-11-38;1-35-7-9-37(10-8-35)16-18-3-5-19(12-22(18)27(28,29)30)33-26(39)34-23-6-4-17(11-25(23)38)20-13-31-15-24-21(20)14-32-36(24)2/h4-7,12-16H,8-11,17H2,1-3H3,(H2,34,35,39);4-7,12-16H,8-11,17H2,1-3H3,(H2,34,35,39);3-6,11-15,38H,7-10,16H2,1-2H3,(H2,33,34,39). The fourth-order valence-corrected chi connectivity index (χ4v) is 14.4. The molecular weight excluding hydrogens is 1540 g/mol. The quantitative estimate of drug-likeness (QED) is 0.0350. The number of likely N-dealkylation sites (N-methyl/N-ethyl adjacent to an activating group) is 3. The Morgan fingerprint density at radius 3 is 1.03 bits per heavy atom. The molecule has 6 aromatic heterocycles. The first-order chi connectivity index (χ1) is 56.3. The number of nitrogens with one attached hydrogen (secondary N) is 6. The van der Waals surface area contributed by atoms with Crippen molar-refractivity contribution in [3.8, 4) is 44.9 Å². The molecule has 6 aromatic carbocycles. The van der Waals surface area contributed by atoms with Crippen LogP contribution in [0.4, 0.5) is 88.0 Å². The maximum atomic E-state index is 13.9. The average molecular weight is 1630 g/mol. The highest BCUT2D eigenvalue weighted by Gasteiger charge is 2.38. The number of rotatable bonds is 16. The Morgan fingerprint density at radius 2 is 0.695 bits per heavy atom. The normalized spacial score (nSPS) is 15.0. The van der Waals surface area contributed by atoms with Crippen LogP contribution >= 0.6 is 0 Å². The summed E-state index contributed by atoms with van der Waals surface area (Å²) < 4.78 is 136. The first kappa shape index (κ1) is 83.7. The predicted molar refractivity (Wildman–Crippen MR) is 435 cm³/mol. The lowest BCUT2D eigenvalue weighted by Gasteiger charge is -2.33. The lowest BCUT2D eigenvalue weighted by atomic mass is 10.0. The van der Waals surface area contributed by atoms with Crippen molar-refractivity contribution in [1.82, 2.24) is 73.7 Å². The van der Waals surface area contributed by atoms with Crippen molar-refractivity contribution in [1.29, 1.82) is 0 Å². The van der Waals surface area contributed by atoms with Gasteiger partial charge in [-0.3, -0.25) is 43.7 Å². The van der Waals surface area contributed by atoms with Crippen LogP contribution in [0.15, 0.2) is 165 Å². The molecule has 0 bridgehead atoms. The molecule has 6 amide bonds. The van der Waals surface area contributed by atoms with E-state index in [2.05, 4.69) is 76.8 Å². The van der Waals surface area contributed by atoms with Crippen LogP contribution in [0.5, 0.6) is 11.5 Å². The number of carbonyl (C=O) groups is 3. The van der Waals surface area contributed by atoms with Gasteiger partial charge in [-0.05, 0) is 140 Å². The number of piperazine rings is 3. The number of aromatic hydroxyl groups is 1. The Balaban J connectivity index is 0.000000153. The van der Waals surface area contributed by atoms with Crippen LogP contribution in [-0.2, 0) is 59.3 Å². The van der Waals surface area contributed by atoms with Crippen LogP contribution in [0.1, 0.15) is 38.9 Å². The van der Waals surface area contributed by atoms with Crippen molar-refractivity contribution in [2.24, 2.45) is 21.1 Å². The molecule has 0 atom stereocenters. The second-order valence-electron chi connectivity index (χ2n) is 29.4. The molecule has 0 unspecified atom stereocenters. The molecule has 0 aliphatic carbocycles. The van der Waals surface area contributed by atoms with Gasteiger partial charge in [0, 0.05) is 194 Å². The van der Waals surface area contributed by atoms with Gasteiger partial charge >= 0.3 is 36.6 Å². The van der Waals surface area contributed by atoms with Crippen LogP contribution in [-0.4, -0.2) is 204 Å². The molecule has 9 heterocycles. The highest BCUT2D eigenvalue weighted by molar-refractivity contribution is 6.04. The summed E-state index contributed by atoms with van der Waals surface area (Å²) in [6.07, 6.45) is 1.90. The third-order valence-electron chi connectivity index (χ3n) is 21.1. The number of carbonyl (C=O) groups excluding carboxylic acids is 3. The summed E-state index contributed by atoms with van der Waals surface area (Å²) in [5.74, 6) is 0.175. The molecule has 3 fully saturated rings. The van der Waals surface area contributed by atoms with Gasteiger partial charge in [0.15, 0.2) is 0 Å². The number of alkyl halides is 9. The van der Waals surface area contributed by atoms with E-state index < -0.39 is 53.3 Å². The molecule has 7 N–H and O–H groups in total. The third-order valence-corrected chi connectivity index (χ3v) is 21.1.